The number of carbonyl (C=O) groups excluding carboxylic acids is 1. The number of ether oxygens (including phenoxy) is 1. The van der Waals surface area contributed by atoms with Crippen molar-refractivity contribution in [3.8, 4) is 11.8 Å². The lowest BCUT2D eigenvalue weighted by molar-refractivity contribution is -0.137. The van der Waals surface area contributed by atoms with Crippen LogP contribution in [0.3, 0.4) is 0 Å². The van der Waals surface area contributed by atoms with Gasteiger partial charge in [0.05, 0.1) is 23.8 Å². The van der Waals surface area contributed by atoms with Crippen LogP contribution in [-0.4, -0.2) is 23.7 Å². The third-order valence-corrected chi connectivity index (χ3v) is 3.88. The Hall–Kier alpha value is -2.79. The van der Waals surface area contributed by atoms with Crippen LogP contribution < -0.4 is 10.5 Å². The average Bonchev–Trinajstić information content (AvgIpc) is 2.77. The molecule has 0 radical (unpaired) electrons. The molecule has 8 heteroatoms. The summed E-state index contributed by atoms with van der Waals surface area (Å²) in [6, 6.07) is 4.37. The van der Waals surface area contributed by atoms with Crippen LogP contribution in [0.1, 0.15) is 71.4 Å². The largest absolute Gasteiger partial charge is 0.481 e. The number of nitrogens with two attached hydrogens (primary N) is 1. The first-order chi connectivity index (χ1) is 15.1. The van der Waals surface area contributed by atoms with E-state index < -0.39 is 29.3 Å². The lowest BCUT2D eigenvalue weighted by atomic mass is 10.1. The number of amides is 1. The summed E-state index contributed by atoms with van der Waals surface area (Å²) in [4.78, 5) is 11.1. The summed E-state index contributed by atoms with van der Waals surface area (Å²) >= 11 is 0. The highest BCUT2D eigenvalue weighted by atomic mass is 19.4. The Morgan fingerprint density at radius 2 is 1.91 bits per heavy atom. The van der Waals surface area contributed by atoms with E-state index in [2.05, 4.69) is 19.9 Å². The van der Waals surface area contributed by atoms with E-state index in [1.54, 1.807) is 13.0 Å². The molecule has 0 aliphatic heterocycles. The Kier molecular flexibility index (Phi) is 17.5. The minimum Gasteiger partial charge on any atom is -0.481 e. The van der Waals surface area contributed by atoms with Crippen LogP contribution in [0.25, 0.3) is 0 Å². The second kappa shape index (κ2) is 17.8. The number of benzene rings is 1. The summed E-state index contributed by atoms with van der Waals surface area (Å²) in [6.45, 7) is 10.2. The molecule has 1 aromatic rings. The van der Waals surface area contributed by atoms with Crippen molar-refractivity contribution in [2.45, 2.75) is 72.6 Å². The van der Waals surface area contributed by atoms with Crippen molar-refractivity contribution < 1.29 is 27.8 Å². The molecule has 0 aliphatic carbocycles. The molecular weight excluding hydrogens is 421 g/mol. The van der Waals surface area contributed by atoms with Gasteiger partial charge in [-0.25, -0.2) is 0 Å². The molecule has 0 aliphatic rings. The monoisotopic (exact) mass is 456 g/mol. The molecule has 0 bridgehead atoms. The Bertz CT molecular complexity index is 767. The minimum absolute atomic E-state index is 0.140. The molecule has 5 nitrogen and oxygen atoms in total. The van der Waals surface area contributed by atoms with Crippen molar-refractivity contribution in [3.63, 3.8) is 0 Å². The van der Waals surface area contributed by atoms with Gasteiger partial charge in [-0.2, -0.15) is 18.4 Å². The number of nitriles is 1. The Morgan fingerprint density at radius 3 is 2.31 bits per heavy atom. The number of carbonyl (C=O) groups is 1. The fraction of sp³-hybridized carbons (Fsp3) is 0.500. The molecule has 1 rings (SSSR count). The van der Waals surface area contributed by atoms with Crippen LogP contribution >= 0.6 is 0 Å². The highest BCUT2D eigenvalue weighted by molar-refractivity contribution is 5.79. The lowest BCUT2D eigenvalue weighted by Crippen LogP contribution is -2.33. The van der Waals surface area contributed by atoms with Gasteiger partial charge in [0.2, 0.25) is 0 Å². The van der Waals surface area contributed by atoms with Crippen LogP contribution in [-0.2, 0) is 11.0 Å². The van der Waals surface area contributed by atoms with E-state index in [-0.39, 0.29) is 12.4 Å². The SMILES string of the molecule is CC.CC/C=C(\C=C/CO)CC.CCCC(Oc1ccc(C#N)c(C(F)(F)F)c1)C(N)=O. The molecule has 0 fully saturated rings. The summed E-state index contributed by atoms with van der Waals surface area (Å²) in [6.07, 6.45) is 3.27. The third kappa shape index (κ3) is 12.8. The van der Waals surface area contributed by atoms with Gasteiger partial charge in [0.15, 0.2) is 6.10 Å². The first-order valence-electron chi connectivity index (χ1n) is 10.7. The number of alkyl halides is 3. The van der Waals surface area contributed by atoms with Crippen molar-refractivity contribution in [2.24, 2.45) is 5.73 Å². The third-order valence-electron chi connectivity index (χ3n) is 3.88. The van der Waals surface area contributed by atoms with Crippen LogP contribution in [0.15, 0.2) is 42.0 Å². The minimum atomic E-state index is -4.67. The molecule has 1 unspecified atom stereocenters. The van der Waals surface area contributed by atoms with Crippen molar-refractivity contribution in [2.75, 3.05) is 6.61 Å². The van der Waals surface area contributed by atoms with Gasteiger partial charge in [-0.3, -0.25) is 4.79 Å². The van der Waals surface area contributed by atoms with E-state index in [0.29, 0.717) is 18.9 Å². The first kappa shape index (κ1) is 31.4. The van der Waals surface area contributed by atoms with Crippen LogP contribution in [0.2, 0.25) is 0 Å². The quantitative estimate of drug-likeness (QED) is 0.451. The lowest BCUT2D eigenvalue weighted by Gasteiger charge is -2.17. The summed E-state index contributed by atoms with van der Waals surface area (Å²) in [5.74, 6) is -0.890. The fourth-order valence-electron chi connectivity index (χ4n) is 2.41. The van der Waals surface area contributed by atoms with Gasteiger partial charge in [0.25, 0.3) is 5.91 Å². The summed E-state index contributed by atoms with van der Waals surface area (Å²) in [5.41, 5.74) is 4.81. The zero-order valence-electron chi connectivity index (χ0n) is 19.5. The van der Waals surface area contributed by atoms with Crippen molar-refractivity contribution in [1.82, 2.24) is 0 Å². The van der Waals surface area contributed by atoms with E-state index in [1.807, 2.05) is 19.9 Å². The molecule has 0 heterocycles. The summed E-state index contributed by atoms with van der Waals surface area (Å²) in [7, 11) is 0. The predicted molar refractivity (Wildman–Crippen MR) is 121 cm³/mol. The number of allylic oxidation sites excluding steroid dienone is 3. The predicted octanol–water partition coefficient (Wildman–Crippen LogP) is 5.92. The van der Waals surface area contributed by atoms with Gasteiger partial charge in [-0.1, -0.05) is 64.8 Å². The van der Waals surface area contributed by atoms with Gasteiger partial charge >= 0.3 is 6.18 Å². The maximum absolute atomic E-state index is 12.8. The fourth-order valence-corrected chi connectivity index (χ4v) is 2.41. The second-order valence-corrected chi connectivity index (χ2v) is 6.24. The molecule has 0 aromatic heterocycles. The number of aliphatic hydroxyl groups excluding tert-OH is 1. The second-order valence-electron chi connectivity index (χ2n) is 6.24. The zero-order chi connectivity index (χ0) is 25.2. The Morgan fingerprint density at radius 1 is 1.28 bits per heavy atom. The normalized spacial score (nSPS) is 12.1. The van der Waals surface area contributed by atoms with Gasteiger partial charge in [-0.15, -0.1) is 0 Å². The molecule has 0 saturated carbocycles. The molecular formula is C24H35F3N2O3. The molecule has 32 heavy (non-hydrogen) atoms. The molecule has 1 aromatic carbocycles. The van der Waals surface area contributed by atoms with E-state index in [9.17, 15) is 18.0 Å². The molecule has 1 amide bonds. The zero-order valence-corrected chi connectivity index (χ0v) is 19.5. The number of hydrogen-bond donors (Lipinski definition) is 2. The Balaban J connectivity index is 0. The van der Waals surface area contributed by atoms with Gasteiger partial charge < -0.3 is 15.6 Å². The van der Waals surface area contributed by atoms with Gasteiger partial charge in [0, 0.05) is 0 Å². The van der Waals surface area contributed by atoms with Crippen molar-refractivity contribution in [1.29, 1.82) is 5.26 Å². The van der Waals surface area contributed by atoms with Crippen molar-refractivity contribution in [3.05, 3.63) is 53.1 Å². The summed E-state index contributed by atoms with van der Waals surface area (Å²) < 4.78 is 43.5. The van der Waals surface area contributed by atoms with Gasteiger partial charge in [0.1, 0.15) is 5.75 Å². The molecule has 0 spiro atoms. The van der Waals surface area contributed by atoms with E-state index in [4.69, 9.17) is 20.8 Å². The molecule has 3 N–H and O–H groups in total. The topological polar surface area (TPSA) is 96.3 Å². The number of nitrogens with zero attached hydrogens (tertiary/aromatic N) is 1. The van der Waals surface area contributed by atoms with Crippen LogP contribution in [0, 0.1) is 11.3 Å². The number of primary amides is 1. The molecule has 1 atom stereocenters. The van der Waals surface area contributed by atoms with Crippen LogP contribution in [0.5, 0.6) is 5.75 Å². The smallest absolute Gasteiger partial charge is 0.417 e. The standard InChI is InChI=1S/C13H13F3N2O2.C9H16O.C2H6/c1-2-3-11(12(18)19)20-9-5-4-8(7-17)10(6-9)13(14,15)16;1-3-6-9(4-2)7-5-8-10;1-2/h4-6,11H,2-3H2,1H3,(H2,18,19);5-7,10H,3-4,8H2,1-2H3;1-2H3/b;7-5-,9-6-;. The van der Waals surface area contributed by atoms with Crippen LogP contribution in [0.4, 0.5) is 13.2 Å². The highest BCUT2D eigenvalue weighted by Crippen LogP contribution is 2.34. The summed E-state index contributed by atoms with van der Waals surface area (Å²) in [5, 5.41) is 17.1. The number of aliphatic hydroxyl groups is 1. The molecule has 180 valence electrons. The van der Waals surface area contributed by atoms with Crippen molar-refractivity contribution >= 4 is 5.91 Å². The maximum Gasteiger partial charge on any atom is 0.417 e. The highest BCUT2D eigenvalue weighted by Gasteiger charge is 2.34. The number of halogens is 3. The number of hydrogen-bond acceptors (Lipinski definition) is 4. The average molecular weight is 457 g/mol. The van der Waals surface area contributed by atoms with E-state index in [1.165, 1.54) is 17.7 Å². The van der Waals surface area contributed by atoms with E-state index >= 15 is 0 Å². The number of rotatable bonds is 9. The maximum atomic E-state index is 12.8. The first-order valence-corrected chi connectivity index (χ1v) is 10.7. The van der Waals surface area contributed by atoms with E-state index in [0.717, 1.165) is 18.9 Å². The van der Waals surface area contributed by atoms with Gasteiger partial charge in [-0.05, 0) is 37.5 Å². The molecule has 0 saturated heterocycles. The Labute approximate surface area is 189 Å².